The fraction of sp³-hybridized carbons (Fsp3) is 0.259. The van der Waals surface area contributed by atoms with E-state index in [-0.39, 0.29) is 29.1 Å². The van der Waals surface area contributed by atoms with Gasteiger partial charge in [0.1, 0.15) is 17.1 Å². The minimum Gasteiger partial charge on any atom is -0.486 e. The molecule has 1 fully saturated rings. The SMILES string of the molecule is CC1(COc2ccc(S(=O)(=O)NC(=O)c3ccccc3Oc3cnc4[nH]ccc4c3)cc2[N+](=O)[O-])CCOCC1. The molecule has 2 N–H and O–H groups in total. The van der Waals surface area contributed by atoms with Gasteiger partial charge in [-0.25, -0.2) is 18.1 Å². The minimum atomic E-state index is -4.49. The van der Waals surface area contributed by atoms with E-state index in [1.54, 1.807) is 30.5 Å². The second-order valence-electron chi connectivity index (χ2n) is 9.72. The summed E-state index contributed by atoms with van der Waals surface area (Å²) in [6.45, 7) is 3.37. The molecule has 1 aliphatic heterocycles. The number of fused-ring (bicyclic) bond motifs is 1. The Balaban J connectivity index is 1.34. The lowest BCUT2D eigenvalue weighted by Gasteiger charge is -2.33. The van der Waals surface area contributed by atoms with Crippen molar-refractivity contribution in [3.05, 3.63) is 82.7 Å². The number of carbonyl (C=O) groups is 1. The van der Waals surface area contributed by atoms with Crippen LogP contribution in [-0.4, -0.2) is 49.0 Å². The Bertz CT molecular complexity index is 1680. The number of hydrogen-bond acceptors (Lipinski definition) is 9. The van der Waals surface area contributed by atoms with E-state index in [9.17, 15) is 23.3 Å². The van der Waals surface area contributed by atoms with Crippen LogP contribution >= 0.6 is 0 Å². The molecule has 0 radical (unpaired) electrons. The number of hydrogen-bond donors (Lipinski definition) is 2. The Morgan fingerprint density at radius 1 is 1.15 bits per heavy atom. The van der Waals surface area contributed by atoms with Gasteiger partial charge in [-0.3, -0.25) is 14.9 Å². The third-order valence-corrected chi connectivity index (χ3v) is 8.00. The van der Waals surface area contributed by atoms with E-state index in [1.807, 2.05) is 11.6 Å². The number of para-hydroxylation sites is 1. The highest BCUT2D eigenvalue weighted by Crippen LogP contribution is 2.35. The molecule has 0 aliphatic carbocycles. The van der Waals surface area contributed by atoms with Crippen LogP contribution in [0.3, 0.4) is 0 Å². The van der Waals surface area contributed by atoms with Gasteiger partial charge in [0.25, 0.3) is 15.9 Å². The van der Waals surface area contributed by atoms with Crippen LogP contribution in [0.15, 0.2) is 71.9 Å². The average Bonchev–Trinajstić information content (AvgIpc) is 3.40. The molecular formula is C27H26N4O8S. The number of nitro benzene ring substituents is 1. The molecule has 208 valence electrons. The van der Waals surface area contributed by atoms with Gasteiger partial charge in [-0.05, 0) is 49.2 Å². The lowest BCUT2D eigenvalue weighted by Crippen LogP contribution is -2.32. The van der Waals surface area contributed by atoms with E-state index in [0.29, 0.717) is 24.6 Å². The molecule has 2 aromatic carbocycles. The summed E-state index contributed by atoms with van der Waals surface area (Å²) in [5.41, 5.74) is -0.140. The highest BCUT2D eigenvalue weighted by molar-refractivity contribution is 7.90. The van der Waals surface area contributed by atoms with Crippen molar-refractivity contribution in [3.63, 3.8) is 0 Å². The number of aromatic nitrogens is 2. The van der Waals surface area contributed by atoms with E-state index >= 15 is 0 Å². The smallest absolute Gasteiger partial charge is 0.312 e. The number of nitrogens with one attached hydrogen (secondary N) is 2. The summed E-state index contributed by atoms with van der Waals surface area (Å²) in [7, 11) is -4.49. The molecule has 1 aliphatic rings. The predicted octanol–water partition coefficient (Wildman–Crippen LogP) is 4.58. The molecule has 1 saturated heterocycles. The van der Waals surface area contributed by atoms with Crippen molar-refractivity contribution in [2.75, 3.05) is 19.8 Å². The lowest BCUT2D eigenvalue weighted by molar-refractivity contribution is -0.386. The number of rotatable bonds is 9. The van der Waals surface area contributed by atoms with Crippen LogP contribution in [-0.2, 0) is 14.8 Å². The summed E-state index contributed by atoms with van der Waals surface area (Å²) in [5, 5.41) is 12.5. The maximum Gasteiger partial charge on any atom is 0.312 e. The fourth-order valence-corrected chi connectivity index (χ4v) is 5.26. The van der Waals surface area contributed by atoms with Crippen molar-refractivity contribution in [2.45, 2.75) is 24.7 Å². The van der Waals surface area contributed by atoms with Gasteiger partial charge < -0.3 is 19.2 Å². The molecule has 12 nitrogen and oxygen atoms in total. The van der Waals surface area contributed by atoms with Gasteiger partial charge in [0.2, 0.25) is 0 Å². The first-order chi connectivity index (χ1) is 19.1. The first-order valence-corrected chi connectivity index (χ1v) is 13.9. The Labute approximate surface area is 229 Å². The van der Waals surface area contributed by atoms with E-state index in [0.717, 1.165) is 30.4 Å². The third kappa shape index (κ3) is 5.90. The lowest BCUT2D eigenvalue weighted by atomic mass is 9.83. The van der Waals surface area contributed by atoms with Gasteiger partial charge in [-0.1, -0.05) is 19.1 Å². The summed E-state index contributed by atoms with van der Waals surface area (Å²) in [4.78, 5) is 30.8. The quantitative estimate of drug-likeness (QED) is 0.218. The van der Waals surface area contributed by atoms with Gasteiger partial charge in [-0.15, -0.1) is 0 Å². The topological polar surface area (TPSA) is 163 Å². The van der Waals surface area contributed by atoms with E-state index in [1.165, 1.54) is 24.4 Å². The fourth-order valence-electron chi connectivity index (χ4n) is 4.27. The molecule has 5 rings (SSSR count). The Hall–Kier alpha value is -4.49. The summed E-state index contributed by atoms with van der Waals surface area (Å²) >= 11 is 0. The average molecular weight is 567 g/mol. The van der Waals surface area contributed by atoms with E-state index in [2.05, 4.69) is 9.97 Å². The van der Waals surface area contributed by atoms with Crippen LogP contribution in [0.1, 0.15) is 30.1 Å². The summed E-state index contributed by atoms with van der Waals surface area (Å²) in [5.74, 6) is -0.587. The van der Waals surface area contributed by atoms with Gasteiger partial charge in [-0.2, -0.15) is 0 Å². The van der Waals surface area contributed by atoms with Crippen molar-refractivity contribution in [3.8, 4) is 17.2 Å². The van der Waals surface area contributed by atoms with Crippen LogP contribution in [0.4, 0.5) is 5.69 Å². The van der Waals surface area contributed by atoms with Crippen LogP contribution in [0, 0.1) is 15.5 Å². The zero-order valence-electron chi connectivity index (χ0n) is 21.5. The molecular weight excluding hydrogens is 540 g/mol. The third-order valence-electron chi connectivity index (χ3n) is 6.68. The first kappa shape index (κ1) is 27.1. The number of carbonyl (C=O) groups excluding carboxylic acids is 1. The Morgan fingerprint density at radius 3 is 2.70 bits per heavy atom. The number of H-pyrrole nitrogens is 1. The maximum atomic E-state index is 13.1. The number of nitrogens with zero attached hydrogens (tertiary/aromatic N) is 2. The standard InChI is InChI=1S/C27H26N4O8S/c1-27(9-12-37-13-10-27)17-38-24-7-6-20(15-22(24)31(33)34)40(35,36)30-26(32)21-4-2-3-5-23(21)39-19-14-18-8-11-28-25(18)29-16-19/h2-8,11,14-16H,9-10,12-13,17H2,1H3,(H,28,29)(H,30,32). The number of pyridine rings is 1. The van der Waals surface area contributed by atoms with E-state index < -0.39 is 31.4 Å². The first-order valence-electron chi connectivity index (χ1n) is 12.4. The summed E-state index contributed by atoms with van der Waals surface area (Å²) < 4.78 is 45.1. The highest BCUT2D eigenvalue weighted by atomic mass is 32.2. The maximum absolute atomic E-state index is 13.1. The van der Waals surface area contributed by atoms with Crippen molar-refractivity contribution < 1.29 is 32.3 Å². The molecule has 13 heteroatoms. The molecule has 40 heavy (non-hydrogen) atoms. The largest absolute Gasteiger partial charge is 0.486 e. The van der Waals surface area contributed by atoms with Crippen molar-refractivity contribution in [1.29, 1.82) is 0 Å². The number of sulfonamides is 1. The summed E-state index contributed by atoms with van der Waals surface area (Å²) in [6, 6.07) is 12.9. The predicted molar refractivity (Wildman–Crippen MR) is 144 cm³/mol. The van der Waals surface area contributed by atoms with Gasteiger partial charge in [0, 0.05) is 36.3 Å². The minimum absolute atomic E-state index is 0.0561. The van der Waals surface area contributed by atoms with E-state index in [4.69, 9.17) is 14.2 Å². The van der Waals surface area contributed by atoms with Crippen LogP contribution in [0.25, 0.3) is 11.0 Å². The van der Waals surface area contributed by atoms with Crippen molar-refractivity contribution in [2.24, 2.45) is 5.41 Å². The molecule has 0 spiro atoms. The molecule has 1 amide bonds. The number of amides is 1. The van der Waals surface area contributed by atoms with Crippen molar-refractivity contribution in [1.82, 2.24) is 14.7 Å². The van der Waals surface area contributed by atoms with Gasteiger partial charge in [0.05, 0.1) is 28.2 Å². The number of nitro groups is 1. The van der Waals surface area contributed by atoms with Crippen LogP contribution in [0.2, 0.25) is 0 Å². The number of ether oxygens (including phenoxy) is 3. The molecule has 4 aromatic rings. The number of benzene rings is 2. The Kier molecular flexibility index (Phi) is 7.41. The Morgan fingerprint density at radius 2 is 1.93 bits per heavy atom. The molecule has 0 bridgehead atoms. The molecule has 3 heterocycles. The zero-order valence-corrected chi connectivity index (χ0v) is 22.3. The second-order valence-corrected chi connectivity index (χ2v) is 11.4. The molecule has 0 atom stereocenters. The number of aromatic amines is 1. The second kappa shape index (κ2) is 10.9. The molecule has 0 unspecified atom stereocenters. The molecule has 2 aromatic heterocycles. The van der Waals surface area contributed by atoms with Gasteiger partial charge in [0.15, 0.2) is 5.75 Å². The molecule has 0 saturated carbocycles. The van der Waals surface area contributed by atoms with Crippen LogP contribution < -0.4 is 14.2 Å². The van der Waals surface area contributed by atoms with Crippen molar-refractivity contribution >= 4 is 32.7 Å². The van der Waals surface area contributed by atoms with Gasteiger partial charge >= 0.3 is 5.69 Å². The highest BCUT2D eigenvalue weighted by Gasteiger charge is 2.30. The van der Waals surface area contributed by atoms with Crippen LogP contribution in [0.5, 0.6) is 17.2 Å². The normalized spacial score (nSPS) is 14.9. The summed E-state index contributed by atoms with van der Waals surface area (Å²) in [6.07, 6.45) is 4.67. The monoisotopic (exact) mass is 566 g/mol. The zero-order chi connectivity index (χ0) is 28.3.